The lowest BCUT2D eigenvalue weighted by Crippen LogP contribution is -2.54. The molecule has 4 atom stereocenters. The van der Waals surface area contributed by atoms with Crippen LogP contribution < -0.4 is 30.3 Å². The third-order valence-electron chi connectivity index (χ3n) is 5.89. The van der Waals surface area contributed by atoms with Crippen molar-refractivity contribution in [3.8, 4) is 11.5 Å². The van der Waals surface area contributed by atoms with Crippen molar-refractivity contribution in [3.05, 3.63) is 50.9 Å². The first-order valence-electron chi connectivity index (χ1n) is 11.9. The van der Waals surface area contributed by atoms with Gasteiger partial charge >= 0.3 is 0 Å². The van der Waals surface area contributed by atoms with E-state index < -0.39 is 0 Å². The van der Waals surface area contributed by atoms with Crippen molar-refractivity contribution in [2.24, 2.45) is 0 Å². The summed E-state index contributed by atoms with van der Waals surface area (Å²) in [6, 6.07) is 13.7. The SMILES string of the molecule is C.COc1cc(Br)ccc1Cl.COc1cc(N2C[C@@H](C)NC[C@H]2C)ccc1Cl.C[C@@H]1CN[C@H](C)CN1. The molecule has 0 amide bonds. The highest BCUT2D eigenvalue weighted by Gasteiger charge is 2.23. The number of nitrogens with zero attached hydrogens (tertiary/aromatic N) is 1. The molecule has 0 saturated carbocycles. The van der Waals surface area contributed by atoms with Crippen LogP contribution in [0.1, 0.15) is 35.1 Å². The van der Waals surface area contributed by atoms with Crippen LogP contribution in [0.15, 0.2) is 40.9 Å². The Morgan fingerprint density at radius 2 is 1.28 bits per heavy atom. The van der Waals surface area contributed by atoms with Crippen LogP contribution in [0, 0.1) is 0 Å². The lowest BCUT2D eigenvalue weighted by atomic mass is 10.1. The summed E-state index contributed by atoms with van der Waals surface area (Å²) in [6.45, 7) is 13.0. The molecular weight excluding hydrogens is 563 g/mol. The Labute approximate surface area is 236 Å². The summed E-state index contributed by atoms with van der Waals surface area (Å²) in [4.78, 5) is 2.39. The van der Waals surface area contributed by atoms with Crippen LogP contribution in [0.5, 0.6) is 11.5 Å². The van der Waals surface area contributed by atoms with Gasteiger partial charge in [-0.1, -0.05) is 46.6 Å². The molecule has 0 unspecified atom stereocenters. The zero-order chi connectivity index (χ0) is 26.0. The number of nitrogens with one attached hydrogen (secondary N) is 3. The lowest BCUT2D eigenvalue weighted by Gasteiger charge is -2.39. The summed E-state index contributed by atoms with van der Waals surface area (Å²) in [5.74, 6) is 1.43. The quantitative estimate of drug-likeness (QED) is 0.385. The first kappa shape index (κ1) is 32.8. The zero-order valence-electron chi connectivity index (χ0n) is 21.5. The molecule has 2 fully saturated rings. The van der Waals surface area contributed by atoms with Gasteiger partial charge in [0, 0.05) is 66.6 Å². The van der Waals surface area contributed by atoms with Gasteiger partial charge < -0.3 is 30.3 Å². The second kappa shape index (κ2) is 16.6. The van der Waals surface area contributed by atoms with Crippen LogP contribution in [-0.4, -0.2) is 64.6 Å². The molecule has 2 aliphatic rings. The van der Waals surface area contributed by atoms with Crippen molar-refractivity contribution >= 4 is 44.8 Å². The predicted octanol–water partition coefficient (Wildman–Crippen LogP) is 6.24. The minimum atomic E-state index is 0. The molecule has 2 heterocycles. The van der Waals surface area contributed by atoms with E-state index in [0.29, 0.717) is 40.0 Å². The van der Waals surface area contributed by atoms with Crippen LogP contribution in [-0.2, 0) is 0 Å². The van der Waals surface area contributed by atoms with E-state index in [1.165, 1.54) is 5.69 Å². The maximum Gasteiger partial charge on any atom is 0.139 e. The molecule has 2 aromatic carbocycles. The highest BCUT2D eigenvalue weighted by atomic mass is 79.9. The van der Waals surface area contributed by atoms with Gasteiger partial charge in [-0.15, -0.1) is 0 Å². The van der Waals surface area contributed by atoms with Crippen molar-refractivity contribution in [2.45, 2.75) is 59.3 Å². The minimum absolute atomic E-state index is 0. The molecule has 9 heteroatoms. The number of ether oxygens (including phenoxy) is 2. The predicted molar refractivity (Wildman–Crippen MR) is 160 cm³/mol. The summed E-state index contributed by atoms with van der Waals surface area (Å²) >= 11 is 15.1. The molecule has 6 nitrogen and oxygen atoms in total. The fraction of sp³-hybridized carbons (Fsp3) is 0.556. The Kier molecular flexibility index (Phi) is 15.1. The summed E-state index contributed by atoms with van der Waals surface area (Å²) in [7, 11) is 3.24. The summed E-state index contributed by atoms with van der Waals surface area (Å²) in [5.41, 5.74) is 1.17. The summed E-state index contributed by atoms with van der Waals surface area (Å²) in [5, 5.41) is 11.5. The molecule has 0 radical (unpaired) electrons. The first-order chi connectivity index (χ1) is 16.6. The van der Waals surface area contributed by atoms with Gasteiger partial charge in [0.05, 0.1) is 24.3 Å². The molecule has 0 bridgehead atoms. The van der Waals surface area contributed by atoms with E-state index in [0.717, 1.165) is 36.4 Å². The zero-order valence-corrected chi connectivity index (χ0v) is 24.6. The van der Waals surface area contributed by atoms with Crippen LogP contribution in [0.25, 0.3) is 0 Å². The number of benzene rings is 2. The van der Waals surface area contributed by atoms with Gasteiger partial charge in [0.15, 0.2) is 0 Å². The minimum Gasteiger partial charge on any atom is -0.495 e. The van der Waals surface area contributed by atoms with Crippen LogP contribution in [0.4, 0.5) is 5.69 Å². The van der Waals surface area contributed by atoms with Crippen molar-refractivity contribution in [3.63, 3.8) is 0 Å². The smallest absolute Gasteiger partial charge is 0.139 e. The average molecular weight is 606 g/mol. The number of piperazine rings is 2. The van der Waals surface area contributed by atoms with Gasteiger partial charge in [-0.2, -0.15) is 0 Å². The van der Waals surface area contributed by atoms with Crippen LogP contribution in [0.2, 0.25) is 10.0 Å². The Balaban J connectivity index is 0.000000291. The highest BCUT2D eigenvalue weighted by molar-refractivity contribution is 9.10. The monoisotopic (exact) mass is 604 g/mol. The van der Waals surface area contributed by atoms with Crippen molar-refractivity contribution in [2.75, 3.05) is 45.3 Å². The third-order valence-corrected chi connectivity index (χ3v) is 7.01. The van der Waals surface area contributed by atoms with Crippen molar-refractivity contribution in [1.29, 1.82) is 0 Å². The van der Waals surface area contributed by atoms with Gasteiger partial charge in [0.1, 0.15) is 11.5 Å². The fourth-order valence-corrected chi connectivity index (χ4v) is 4.47. The van der Waals surface area contributed by atoms with E-state index in [4.69, 9.17) is 32.7 Å². The van der Waals surface area contributed by atoms with Gasteiger partial charge in [0.25, 0.3) is 0 Å². The first-order valence-corrected chi connectivity index (χ1v) is 13.5. The standard InChI is InChI=1S/C13H19ClN2O.C7H6BrClO.C6H14N2.CH4/c1-9-8-16(10(2)7-15-9)11-4-5-12(14)13(6-11)17-3;1-10-7-4-5(8)2-3-6(7)9;1-5-3-8-6(2)4-7-5;/h4-6,9-10,15H,7-8H2,1-3H3;2-4H,1H3;5-8H,3-4H2,1-2H3;1H4/t9-,10-;;5-,6-;/m1.1./s1. The molecule has 2 saturated heterocycles. The van der Waals surface area contributed by atoms with E-state index in [1.54, 1.807) is 20.3 Å². The van der Waals surface area contributed by atoms with E-state index >= 15 is 0 Å². The molecule has 0 spiro atoms. The van der Waals surface area contributed by atoms with E-state index in [1.807, 2.05) is 24.3 Å². The molecule has 2 aliphatic heterocycles. The number of rotatable bonds is 3. The van der Waals surface area contributed by atoms with Crippen LogP contribution in [0.3, 0.4) is 0 Å². The van der Waals surface area contributed by atoms with Crippen LogP contribution >= 0.6 is 39.1 Å². The topological polar surface area (TPSA) is 57.8 Å². The Hall–Kier alpha value is -1.22. The number of methoxy groups -OCH3 is 2. The average Bonchev–Trinajstić information content (AvgIpc) is 2.85. The van der Waals surface area contributed by atoms with Gasteiger partial charge in [-0.3, -0.25) is 0 Å². The fourth-order valence-electron chi connectivity index (χ4n) is 3.74. The normalized spacial score (nSPS) is 23.2. The Bertz CT molecular complexity index is 903. The van der Waals surface area contributed by atoms with E-state index in [-0.39, 0.29) is 7.43 Å². The number of halogens is 3. The second-order valence-corrected chi connectivity index (χ2v) is 10.8. The largest absolute Gasteiger partial charge is 0.495 e. The molecular formula is C27H43BrCl2N4O2. The third kappa shape index (κ3) is 10.6. The number of hydrogen-bond donors (Lipinski definition) is 3. The van der Waals surface area contributed by atoms with Gasteiger partial charge in [-0.05, 0) is 58.0 Å². The Morgan fingerprint density at radius 3 is 1.78 bits per heavy atom. The number of anilines is 1. The van der Waals surface area contributed by atoms with Gasteiger partial charge in [-0.25, -0.2) is 0 Å². The molecule has 0 aromatic heterocycles. The summed E-state index contributed by atoms with van der Waals surface area (Å²) in [6.07, 6.45) is 0. The molecule has 36 heavy (non-hydrogen) atoms. The molecule has 0 aliphatic carbocycles. The number of hydrogen-bond acceptors (Lipinski definition) is 6. The van der Waals surface area contributed by atoms with E-state index in [2.05, 4.69) is 70.5 Å². The summed E-state index contributed by atoms with van der Waals surface area (Å²) < 4.78 is 11.2. The lowest BCUT2D eigenvalue weighted by molar-refractivity contribution is 0.376. The molecule has 4 rings (SSSR count). The molecule has 3 N–H and O–H groups in total. The van der Waals surface area contributed by atoms with Crippen molar-refractivity contribution in [1.82, 2.24) is 16.0 Å². The van der Waals surface area contributed by atoms with Gasteiger partial charge in [0.2, 0.25) is 0 Å². The van der Waals surface area contributed by atoms with E-state index in [9.17, 15) is 0 Å². The maximum absolute atomic E-state index is 6.04. The molecule has 2 aromatic rings. The van der Waals surface area contributed by atoms with Crippen molar-refractivity contribution < 1.29 is 9.47 Å². The Morgan fingerprint density at radius 1 is 0.778 bits per heavy atom. The maximum atomic E-state index is 6.04. The molecule has 204 valence electrons. The highest BCUT2D eigenvalue weighted by Crippen LogP contribution is 2.31. The second-order valence-electron chi connectivity index (χ2n) is 9.03.